The molecule has 3 nitrogen and oxygen atoms in total. The van der Waals surface area contributed by atoms with Crippen LogP contribution >= 0.6 is 0 Å². The molecule has 0 saturated heterocycles. The van der Waals surface area contributed by atoms with E-state index in [2.05, 4.69) is 4.98 Å². The molecule has 1 aromatic heterocycles. The number of H-pyrrole nitrogens is 1. The second kappa shape index (κ2) is 7.16. The first-order valence-corrected chi connectivity index (χ1v) is 10.0. The fourth-order valence-corrected chi connectivity index (χ4v) is 5.17. The van der Waals surface area contributed by atoms with Gasteiger partial charge < -0.3 is 4.98 Å². The SMILES string of the molecule is N#Cc1cccc2[nH]c([C@@H]3CC(F)(F)CC[C@H]3C3CCC(F)(F)CC3)cc(=O)c12. The van der Waals surface area contributed by atoms with Crippen LogP contribution in [0.4, 0.5) is 17.6 Å². The highest BCUT2D eigenvalue weighted by molar-refractivity contribution is 5.84. The van der Waals surface area contributed by atoms with Gasteiger partial charge in [-0.15, -0.1) is 0 Å². The van der Waals surface area contributed by atoms with Crippen molar-refractivity contribution in [3.8, 4) is 6.07 Å². The third-order valence-electron chi connectivity index (χ3n) is 6.64. The van der Waals surface area contributed by atoms with Gasteiger partial charge in [0.1, 0.15) is 0 Å². The molecule has 1 N–H and O–H groups in total. The highest BCUT2D eigenvalue weighted by atomic mass is 19.3. The third-order valence-corrected chi connectivity index (χ3v) is 6.64. The van der Waals surface area contributed by atoms with Crippen molar-refractivity contribution in [3.63, 3.8) is 0 Å². The Morgan fingerprint density at radius 3 is 2.41 bits per heavy atom. The lowest BCUT2D eigenvalue weighted by atomic mass is 9.65. The number of benzene rings is 1. The number of nitrogens with zero attached hydrogens (tertiary/aromatic N) is 1. The predicted octanol–water partition coefficient (Wildman–Crippen LogP) is 5.74. The first kappa shape index (κ1) is 19.9. The number of aromatic nitrogens is 1. The lowest BCUT2D eigenvalue weighted by Crippen LogP contribution is -2.38. The summed E-state index contributed by atoms with van der Waals surface area (Å²) in [6.45, 7) is 0. The van der Waals surface area contributed by atoms with Crippen LogP contribution in [-0.4, -0.2) is 16.8 Å². The molecule has 0 radical (unpaired) electrons. The lowest BCUT2D eigenvalue weighted by Gasteiger charge is -2.42. The van der Waals surface area contributed by atoms with Crippen molar-refractivity contribution in [2.45, 2.75) is 62.7 Å². The van der Waals surface area contributed by atoms with E-state index in [-0.39, 0.29) is 53.9 Å². The molecule has 2 saturated carbocycles. The minimum absolute atomic E-state index is 0.0552. The van der Waals surface area contributed by atoms with E-state index in [1.165, 1.54) is 12.1 Å². The van der Waals surface area contributed by atoms with Crippen LogP contribution in [0.1, 0.15) is 62.1 Å². The zero-order valence-electron chi connectivity index (χ0n) is 15.9. The topological polar surface area (TPSA) is 56.6 Å². The van der Waals surface area contributed by atoms with Gasteiger partial charge in [-0.3, -0.25) is 4.79 Å². The van der Waals surface area contributed by atoms with Gasteiger partial charge >= 0.3 is 0 Å². The van der Waals surface area contributed by atoms with Crippen molar-refractivity contribution in [3.05, 3.63) is 45.7 Å². The van der Waals surface area contributed by atoms with Crippen LogP contribution < -0.4 is 5.43 Å². The van der Waals surface area contributed by atoms with Crippen molar-refractivity contribution in [2.24, 2.45) is 11.8 Å². The molecule has 2 fully saturated rings. The molecule has 154 valence electrons. The van der Waals surface area contributed by atoms with Crippen LogP contribution in [0.3, 0.4) is 0 Å². The highest BCUT2D eigenvalue weighted by Crippen LogP contribution is 2.51. The minimum Gasteiger partial charge on any atom is -0.358 e. The molecule has 7 heteroatoms. The number of alkyl halides is 4. The van der Waals surface area contributed by atoms with E-state index in [4.69, 9.17) is 0 Å². The fourth-order valence-electron chi connectivity index (χ4n) is 5.17. The Bertz CT molecular complexity index is 1010. The average molecular weight is 406 g/mol. The van der Waals surface area contributed by atoms with Crippen LogP contribution in [0.25, 0.3) is 10.9 Å². The lowest BCUT2D eigenvalue weighted by molar-refractivity contribution is -0.0840. The summed E-state index contributed by atoms with van der Waals surface area (Å²) in [6.07, 6.45) is -0.187. The molecule has 2 aromatic rings. The highest BCUT2D eigenvalue weighted by Gasteiger charge is 2.47. The quantitative estimate of drug-likeness (QED) is 0.646. The van der Waals surface area contributed by atoms with Crippen LogP contribution in [0.5, 0.6) is 0 Å². The second-order valence-electron chi connectivity index (χ2n) is 8.49. The number of aromatic amines is 1. The van der Waals surface area contributed by atoms with Gasteiger partial charge in [-0.2, -0.15) is 5.26 Å². The Balaban J connectivity index is 1.73. The van der Waals surface area contributed by atoms with E-state index in [1.807, 2.05) is 6.07 Å². The molecule has 2 aliphatic carbocycles. The maximum atomic E-state index is 14.3. The number of rotatable bonds is 2. The summed E-state index contributed by atoms with van der Waals surface area (Å²) in [6, 6.07) is 8.12. The summed E-state index contributed by atoms with van der Waals surface area (Å²) in [5, 5.41) is 9.48. The molecule has 2 aliphatic rings. The first-order chi connectivity index (χ1) is 13.7. The zero-order chi connectivity index (χ0) is 20.8. The molecular weight excluding hydrogens is 384 g/mol. The molecule has 4 rings (SSSR count). The van der Waals surface area contributed by atoms with Gasteiger partial charge in [0.25, 0.3) is 0 Å². The molecule has 0 amide bonds. The van der Waals surface area contributed by atoms with Gasteiger partial charge in [0.15, 0.2) is 5.43 Å². The Labute approximate surface area is 165 Å². The fraction of sp³-hybridized carbons (Fsp3) is 0.545. The molecule has 0 unspecified atom stereocenters. The molecule has 2 atom stereocenters. The van der Waals surface area contributed by atoms with Crippen LogP contribution in [0.15, 0.2) is 29.1 Å². The average Bonchev–Trinajstić information content (AvgIpc) is 2.67. The van der Waals surface area contributed by atoms with Gasteiger partial charge in [-0.25, -0.2) is 17.6 Å². The Morgan fingerprint density at radius 2 is 1.72 bits per heavy atom. The summed E-state index contributed by atoms with van der Waals surface area (Å²) in [4.78, 5) is 15.8. The van der Waals surface area contributed by atoms with E-state index < -0.39 is 24.2 Å². The summed E-state index contributed by atoms with van der Waals surface area (Å²) >= 11 is 0. The number of hydrogen-bond acceptors (Lipinski definition) is 2. The van der Waals surface area contributed by atoms with Crippen LogP contribution in [-0.2, 0) is 0 Å². The molecule has 1 heterocycles. The smallest absolute Gasteiger partial charge is 0.248 e. The number of nitrogens with one attached hydrogen (secondary N) is 1. The van der Waals surface area contributed by atoms with E-state index in [9.17, 15) is 27.6 Å². The minimum atomic E-state index is -2.85. The second-order valence-corrected chi connectivity index (χ2v) is 8.49. The Morgan fingerprint density at radius 1 is 1.03 bits per heavy atom. The van der Waals surface area contributed by atoms with Crippen molar-refractivity contribution in [2.75, 3.05) is 0 Å². The first-order valence-electron chi connectivity index (χ1n) is 10.0. The van der Waals surface area contributed by atoms with Gasteiger partial charge in [0.2, 0.25) is 11.8 Å². The number of fused-ring (bicyclic) bond motifs is 1. The predicted molar refractivity (Wildman–Crippen MR) is 101 cm³/mol. The van der Waals surface area contributed by atoms with Crippen molar-refractivity contribution < 1.29 is 17.6 Å². The standard InChI is InChI=1S/C22H22F4N2O/c23-21(24)7-4-13(5-8-21)15-6-9-22(25,26)11-16(15)18-10-19(29)20-14(12-27)2-1-3-17(20)28-18/h1-3,10,13,15-16H,4-9,11H2,(H,28,29)/t15-,16+/m0/s1. The largest absolute Gasteiger partial charge is 0.358 e. The van der Waals surface area contributed by atoms with Gasteiger partial charge in [-0.05, 0) is 43.2 Å². The number of halogens is 4. The number of pyridine rings is 1. The zero-order valence-corrected chi connectivity index (χ0v) is 15.9. The van der Waals surface area contributed by atoms with Crippen LogP contribution in [0, 0.1) is 23.2 Å². The maximum absolute atomic E-state index is 14.3. The maximum Gasteiger partial charge on any atom is 0.248 e. The third kappa shape index (κ3) is 3.90. The molecule has 29 heavy (non-hydrogen) atoms. The van der Waals surface area contributed by atoms with E-state index in [1.54, 1.807) is 12.1 Å². The van der Waals surface area contributed by atoms with E-state index >= 15 is 0 Å². The van der Waals surface area contributed by atoms with E-state index in [0.717, 1.165) is 0 Å². The summed E-state index contributed by atoms with van der Waals surface area (Å²) in [7, 11) is 0. The molecule has 0 aliphatic heterocycles. The van der Waals surface area contributed by atoms with E-state index in [0.29, 0.717) is 24.1 Å². The molecule has 0 spiro atoms. The summed E-state index contributed by atoms with van der Waals surface area (Å²) in [5.41, 5.74) is 0.706. The normalized spacial score (nSPS) is 26.9. The monoisotopic (exact) mass is 406 g/mol. The number of nitriles is 1. The Kier molecular flexibility index (Phi) is 4.92. The van der Waals surface area contributed by atoms with Gasteiger partial charge in [0, 0.05) is 43.4 Å². The summed E-state index contributed by atoms with van der Waals surface area (Å²) < 4.78 is 55.8. The molecular formula is C22H22F4N2O. The van der Waals surface area contributed by atoms with Gasteiger partial charge in [-0.1, -0.05) is 6.07 Å². The van der Waals surface area contributed by atoms with Crippen molar-refractivity contribution in [1.29, 1.82) is 5.26 Å². The van der Waals surface area contributed by atoms with Crippen molar-refractivity contribution >= 4 is 10.9 Å². The Hall–Kier alpha value is -2.36. The summed E-state index contributed by atoms with van der Waals surface area (Å²) in [5.74, 6) is -6.34. The molecule has 1 aromatic carbocycles. The van der Waals surface area contributed by atoms with Crippen molar-refractivity contribution in [1.82, 2.24) is 4.98 Å². The molecule has 0 bridgehead atoms. The van der Waals surface area contributed by atoms with Crippen LogP contribution in [0.2, 0.25) is 0 Å². The van der Waals surface area contributed by atoms with Gasteiger partial charge in [0.05, 0.1) is 22.5 Å². The number of hydrogen-bond donors (Lipinski definition) is 1.